The fraction of sp³-hybridized carbons (Fsp3) is 0.455. The maximum atomic E-state index is 14.0. The Kier molecular flexibility index (Phi) is 10.7. The quantitative estimate of drug-likeness (QED) is 0.234. The monoisotopic (exact) mass is 645 g/mol. The lowest BCUT2D eigenvalue weighted by Gasteiger charge is -2.37. The van der Waals surface area contributed by atoms with E-state index in [4.69, 9.17) is 5.73 Å². The Morgan fingerprint density at radius 2 is 1.80 bits per heavy atom. The molecule has 1 aliphatic carbocycles. The number of aryl methyl sites for hydroxylation is 1. The van der Waals surface area contributed by atoms with Crippen LogP contribution >= 0.6 is 0 Å². The Labute approximate surface area is 264 Å². The number of nitrogens with one attached hydrogen (secondary N) is 4. The first-order valence-corrected chi connectivity index (χ1v) is 15.4. The van der Waals surface area contributed by atoms with Gasteiger partial charge in [0.15, 0.2) is 0 Å². The summed E-state index contributed by atoms with van der Waals surface area (Å²) in [6.45, 7) is 4.47. The number of para-hydroxylation sites is 1. The summed E-state index contributed by atoms with van der Waals surface area (Å²) in [5.41, 5.74) is 4.49. The number of fused-ring (bicyclic) bond motifs is 3. The van der Waals surface area contributed by atoms with Gasteiger partial charge in [0.25, 0.3) is 0 Å². The molecule has 2 heterocycles. The second-order valence-corrected chi connectivity index (χ2v) is 11.9. The van der Waals surface area contributed by atoms with E-state index in [1.165, 1.54) is 30.3 Å². The van der Waals surface area contributed by atoms with E-state index in [-0.39, 0.29) is 48.6 Å². The SMILES string of the molecule is CCC(C)[C@H](NC(=O)Cc1ccccc1F)C(=O)N[C@]1(C(N)=O)CCc2[nH]c3c(C(F)(F)F)cccc3c2C1.O=C1CCCCN1. The lowest BCUT2D eigenvalue weighted by Crippen LogP contribution is -2.64. The van der Waals surface area contributed by atoms with E-state index in [1.54, 1.807) is 13.0 Å². The van der Waals surface area contributed by atoms with Gasteiger partial charge in [0.2, 0.25) is 23.6 Å². The summed E-state index contributed by atoms with van der Waals surface area (Å²) in [6, 6.07) is 8.56. The molecule has 4 amide bonds. The van der Waals surface area contributed by atoms with E-state index in [9.17, 15) is 36.7 Å². The number of amides is 4. The molecule has 3 aromatic rings. The largest absolute Gasteiger partial charge is 0.418 e. The van der Waals surface area contributed by atoms with Gasteiger partial charge in [-0.25, -0.2) is 4.39 Å². The predicted octanol–water partition coefficient (Wildman–Crippen LogP) is 4.21. The number of hydrogen-bond donors (Lipinski definition) is 5. The summed E-state index contributed by atoms with van der Waals surface area (Å²) in [7, 11) is 0. The zero-order valence-corrected chi connectivity index (χ0v) is 25.8. The van der Waals surface area contributed by atoms with Crippen LogP contribution in [0.3, 0.4) is 0 Å². The van der Waals surface area contributed by atoms with E-state index in [2.05, 4.69) is 20.9 Å². The van der Waals surface area contributed by atoms with E-state index < -0.39 is 46.9 Å². The van der Waals surface area contributed by atoms with Gasteiger partial charge in [-0.15, -0.1) is 0 Å². The van der Waals surface area contributed by atoms with Crippen LogP contribution in [0.2, 0.25) is 0 Å². The van der Waals surface area contributed by atoms with Crippen LogP contribution < -0.4 is 21.7 Å². The molecule has 2 aromatic carbocycles. The zero-order chi connectivity index (χ0) is 33.6. The number of primary amides is 1. The van der Waals surface area contributed by atoms with Gasteiger partial charge in [-0.3, -0.25) is 19.2 Å². The maximum absolute atomic E-state index is 14.0. The Hall–Kier alpha value is -4.42. The van der Waals surface area contributed by atoms with Crippen molar-refractivity contribution in [1.82, 2.24) is 20.9 Å². The lowest BCUT2D eigenvalue weighted by molar-refractivity contribution is -0.136. The van der Waals surface area contributed by atoms with Gasteiger partial charge in [0.1, 0.15) is 17.4 Å². The van der Waals surface area contributed by atoms with Crippen molar-refractivity contribution in [2.75, 3.05) is 6.54 Å². The van der Waals surface area contributed by atoms with Crippen molar-refractivity contribution in [1.29, 1.82) is 0 Å². The van der Waals surface area contributed by atoms with E-state index in [0.717, 1.165) is 31.9 Å². The summed E-state index contributed by atoms with van der Waals surface area (Å²) in [5.74, 6) is -2.73. The highest BCUT2D eigenvalue weighted by Gasteiger charge is 2.45. The molecule has 6 N–H and O–H groups in total. The van der Waals surface area contributed by atoms with Crippen LogP contribution in [0.25, 0.3) is 10.9 Å². The van der Waals surface area contributed by atoms with Crippen LogP contribution in [-0.4, -0.2) is 46.7 Å². The third-order valence-electron chi connectivity index (χ3n) is 8.72. The van der Waals surface area contributed by atoms with Crippen LogP contribution in [0.1, 0.15) is 68.3 Å². The normalized spacial score (nSPS) is 19.1. The molecule has 0 saturated carbocycles. The highest BCUT2D eigenvalue weighted by Crippen LogP contribution is 2.40. The molecule has 9 nitrogen and oxygen atoms in total. The van der Waals surface area contributed by atoms with Gasteiger partial charge in [-0.1, -0.05) is 50.6 Å². The number of nitrogens with two attached hydrogens (primary N) is 1. The first-order chi connectivity index (χ1) is 21.8. The number of hydrogen-bond acceptors (Lipinski definition) is 4. The van der Waals surface area contributed by atoms with Crippen molar-refractivity contribution in [2.45, 2.75) is 83.0 Å². The summed E-state index contributed by atoms with van der Waals surface area (Å²) < 4.78 is 54.8. The molecule has 0 bridgehead atoms. The van der Waals surface area contributed by atoms with E-state index >= 15 is 0 Å². The third-order valence-corrected chi connectivity index (χ3v) is 8.72. The number of alkyl halides is 3. The minimum atomic E-state index is -4.58. The molecular weight excluding hydrogens is 606 g/mol. The summed E-state index contributed by atoms with van der Waals surface area (Å²) in [6.07, 6.45) is -1.25. The second kappa shape index (κ2) is 14.3. The van der Waals surface area contributed by atoms with Crippen molar-refractivity contribution >= 4 is 34.5 Å². The molecule has 1 unspecified atom stereocenters. The van der Waals surface area contributed by atoms with Crippen molar-refractivity contribution in [2.24, 2.45) is 11.7 Å². The van der Waals surface area contributed by atoms with Crippen molar-refractivity contribution in [3.8, 4) is 0 Å². The Balaban J connectivity index is 0.000000606. The Bertz CT molecular complexity index is 1600. The van der Waals surface area contributed by atoms with Crippen LogP contribution in [0, 0.1) is 11.7 Å². The number of carbonyl (C=O) groups is 4. The maximum Gasteiger partial charge on any atom is 0.418 e. The first-order valence-electron chi connectivity index (χ1n) is 15.4. The van der Waals surface area contributed by atoms with E-state index in [1.807, 2.05) is 6.92 Å². The van der Waals surface area contributed by atoms with Crippen molar-refractivity contribution in [3.05, 3.63) is 70.7 Å². The Morgan fingerprint density at radius 3 is 2.39 bits per heavy atom. The minimum Gasteiger partial charge on any atom is -0.368 e. The number of carbonyl (C=O) groups excluding carboxylic acids is 4. The van der Waals surface area contributed by atoms with Gasteiger partial charge in [-0.05, 0) is 54.9 Å². The molecule has 1 saturated heterocycles. The molecule has 5 rings (SSSR count). The van der Waals surface area contributed by atoms with Crippen molar-refractivity contribution in [3.63, 3.8) is 0 Å². The smallest absolute Gasteiger partial charge is 0.368 e. The molecule has 2 aliphatic rings. The summed E-state index contributed by atoms with van der Waals surface area (Å²) in [4.78, 5) is 52.2. The fourth-order valence-electron chi connectivity index (χ4n) is 5.87. The summed E-state index contributed by atoms with van der Waals surface area (Å²) in [5, 5.41) is 8.43. The average molecular weight is 646 g/mol. The number of H-pyrrole nitrogens is 1. The van der Waals surface area contributed by atoms with Crippen LogP contribution in [0.5, 0.6) is 0 Å². The number of benzene rings is 2. The van der Waals surface area contributed by atoms with E-state index in [0.29, 0.717) is 23.1 Å². The summed E-state index contributed by atoms with van der Waals surface area (Å²) >= 11 is 0. The minimum absolute atomic E-state index is 0.0612. The Morgan fingerprint density at radius 1 is 1.07 bits per heavy atom. The molecule has 3 atom stereocenters. The molecule has 1 fully saturated rings. The fourth-order valence-corrected chi connectivity index (χ4v) is 5.87. The van der Waals surface area contributed by atoms with Gasteiger partial charge >= 0.3 is 6.18 Å². The van der Waals surface area contributed by atoms with Crippen LogP contribution in [0.15, 0.2) is 42.5 Å². The topological polar surface area (TPSA) is 146 Å². The number of piperidine rings is 1. The van der Waals surface area contributed by atoms with Crippen LogP contribution in [0.4, 0.5) is 17.6 Å². The molecule has 46 heavy (non-hydrogen) atoms. The van der Waals surface area contributed by atoms with Gasteiger partial charge in [0, 0.05) is 30.5 Å². The molecule has 1 aromatic heterocycles. The third kappa shape index (κ3) is 7.86. The highest BCUT2D eigenvalue weighted by atomic mass is 19.4. The van der Waals surface area contributed by atoms with Crippen LogP contribution in [-0.2, 0) is 44.6 Å². The number of rotatable bonds is 8. The molecule has 248 valence electrons. The van der Waals surface area contributed by atoms with Crippen molar-refractivity contribution < 1.29 is 36.7 Å². The molecular formula is C33H39F4N5O4. The predicted molar refractivity (Wildman–Crippen MR) is 164 cm³/mol. The van der Waals surface area contributed by atoms with Gasteiger partial charge < -0.3 is 26.7 Å². The van der Waals surface area contributed by atoms with Gasteiger partial charge in [-0.2, -0.15) is 13.2 Å². The molecule has 0 radical (unpaired) electrons. The average Bonchev–Trinajstić information content (AvgIpc) is 3.38. The highest BCUT2D eigenvalue weighted by molar-refractivity contribution is 5.96. The standard InChI is InChI=1S/C28H30F4N4O3.C5H9NO/c1-3-15(2)23(35-22(37)13-16-7-4-5-10-20(16)29)25(38)36-27(26(33)39)12-11-21-18(14-27)17-8-6-9-19(24(17)34-21)28(30,31)32;7-5-3-1-2-4-6-5/h4-10,15,23,34H,3,11-14H2,1-2H3,(H2,33,39)(H,35,37)(H,36,38);1-4H2,(H,6,7)/t15?,23-,27+;/m0./s1. The number of aromatic nitrogens is 1. The first kappa shape index (κ1) is 34.5. The lowest BCUT2D eigenvalue weighted by atomic mass is 9.78. The molecule has 13 heteroatoms. The zero-order valence-electron chi connectivity index (χ0n) is 25.8. The molecule has 1 aliphatic heterocycles. The second-order valence-electron chi connectivity index (χ2n) is 11.9. The number of halogens is 4. The molecule has 0 spiro atoms. The van der Waals surface area contributed by atoms with Gasteiger partial charge in [0.05, 0.1) is 17.5 Å². The number of aromatic amines is 1.